The average Bonchev–Trinajstić information content (AvgIpc) is 2.76. The summed E-state index contributed by atoms with van der Waals surface area (Å²) in [4.78, 5) is 19.8. The molecule has 3 rings (SSSR count). The molecule has 1 N–H and O–H groups in total. The van der Waals surface area contributed by atoms with Crippen molar-refractivity contribution in [2.75, 3.05) is 18.4 Å². The monoisotopic (exact) mass is 333 g/mol. The third kappa shape index (κ3) is 3.88. The van der Waals surface area contributed by atoms with E-state index in [1.54, 1.807) is 12.1 Å². The summed E-state index contributed by atoms with van der Waals surface area (Å²) in [5.41, 5.74) is 1.50. The van der Waals surface area contributed by atoms with Gasteiger partial charge in [0, 0.05) is 18.8 Å². The van der Waals surface area contributed by atoms with E-state index in [-0.39, 0.29) is 11.7 Å². The predicted molar refractivity (Wildman–Crippen MR) is 90.9 cm³/mol. The number of benzene rings is 1. The topological polar surface area (TPSA) is 45.2 Å². The number of anilines is 2. The van der Waals surface area contributed by atoms with Gasteiger partial charge < -0.3 is 10.2 Å². The van der Waals surface area contributed by atoms with Crippen LogP contribution >= 0.6 is 11.3 Å². The Bertz CT molecular complexity index is 676. The number of nitrogens with zero attached hydrogens (tertiary/aromatic N) is 2. The first-order valence-electron chi connectivity index (χ1n) is 7.93. The number of carbonyl (C=O) groups excluding carboxylic acids is 1. The molecule has 1 aliphatic rings. The van der Waals surface area contributed by atoms with Crippen molar-refractivity contribution < 1.29 is 9.18 Å². The van der Waals surface area contributed by atoms with Gasteiger partial charge in [-0.3, -0.25) is 4.79 Å². The van der Waals surface area contributed by atoms with Crippen molar-refractivity contribution in [2.45, 2.75) is 32.6 Å². The van der Waals surface area contributed by atoms with E-state index < -0.39 is 0 Å². The molecule has 4 nitrogen and oxygen atoms in total. The maximum Gasteiger partial charge on any atom is 0.265 e. The highest BCUT2D eigenvalue weighted by Crippen LogP contribution is 2.27. The van der Waals surface area contributed by atoms with Gasteiger partial charge in [-0.05, 0) is 44.0 Å². The van der Waals surface area contributed by atoms with Gasteiger partial charge in [-0.2, -0.15) is 0 Å². The number of likely N-dealkylation sites (tertiary alicyclic amines) is 1. The molecule has 6 heteroatoms. The standard InChI is InChI=1S/C17H20FN3OS/c1-12-15(16(22)21-10-4-2-3-5-11-21)23-17(19-12)20-14-8-6-13(18)7-9-14/h6-9H,2-5,10-11H2,1H3,(H,19,20). The number of nitrogens with one attached hydrogen (secondary N) is 1. The third-order valence-corrected chi connectivity index (χ3v) is 5.04. The summed E-state index contributed by atoms with van der Waals surface area (Å²) >= 11 is 1.36. The van der Waals surface area contributed by atoms with Gasteiger partial charge in [0.15, 0.2) is 5.13 Å². The van der Waals surface area contributed by atoms with Crippen LogP contribution in [0.2, 0.25) is 0 Å². The largest absolute Gasteiger partial charge is 0.338 e. The van der Waals surface area contributed by atoms with E-state index in [0.717, 1.165) is 37.3 Å². The number of hydrogen-bond acceptors (Lipinski definition) is 4. The summed E-state index contributed by atoms with van der Waals surface area (Å²) in [7, 11) is 0. The van der Waals surface area contributed by atoms with Crippen LogP contribution in [0.3, 0.4) is 0 Å². The molecule has 0 bridgehead atoms. The van der Waals surface area contributed by atoms with Crippen LogP contribution in [0, 0.1) is 12.7 Å². The highest BCUT2D eigenvalue weighted by atomic mass is 32.1. The predicted octanol–water partition coefficient (Wildman–Crippen LogP) is 4.35. The minimum absolute atomic E-state index is 0.0778. The van der Waals surface area contributed by atoms with Gasteiger partial charge in [0.25, 0.3) is 5.91 Å². The van der Waals surface area contributed by atoms with Crippen molar-refractivity contribution in [3.05, 3.63) is 40.7 Å². The van der Waals surface area contributed by atoms with Crippen LogP contribution in [0.1, 0.15) is 41.0 Å². The number of amides is 1. The van der Waals surface area contributed by atoms with E-state index in [1.807, 2.05) is 11.8 Å². The molecule has 0 atom stereocenters. The molecule has 1 saturated heterocycles. The molecule has 0 radical (unpaired) electrons. The lowest BCUT2D eigenvalue weighted by molar-refractivity contribution is 0.0765. The van der Waals surface area contributed by atoms with Gasteiger partial charge in [-0.25, -0.2) is 9.37 Å². The van der Waals surface area contributed by atoms with Crippen molar-refractivity contribution in [2.24, 2.45) is 0 Å². The lowest BCUT2D eigenvalue weighted by Gasteiger charge is -2.19. The quantitative estimate of drug-likeness (QED) is 0.908. The number of thiazole rings is 1. The number of rotatable bonds is 3. The van der Waals surface area contributed by atoms with E-state index in [2.05, 4.69) is 10.3 Å². The summed E-state index contributed by atoms with van der Waals surface area (Å²) < 4.78 is 12.9. The molecule has 2 heterocycles. The Kier molecular flexibility index (Phi) is 4.91. The number of hydrogen-bond donors (Lipinski definition) is 1. The minimum Gasteiger partial charge on any atom is -0.338 e. The van der Waals surface area contributed by atoms with Gasteiger partial charge >= 0.3 is 0 Å². The Balaban J connectivity index is 1.74. The van der Waals surface area contributed by atoms with E-state index in [4.69, 9.17) is 0 Å². The summed E-state index contributed by atoms with van der Waals surface area (Å²) in [6.07, 6.45) is 4.54. The molecule has 1 amide bonds. The number of aryl methyl sites for hydroxylation is 1. The smallest absolute Gasteiger partial charge is 0.265 e. The van der Waals surface area contributed by atoms with Gasteiger partial charge in [-0.15, -0.1) is 0 Å². The fraction of sp³-hybridized carbons (Fsp3) is 0.412. The molecule has 122 valence electrons. The molecule has 0 aliphatic carbocycles. The van der Waals surface area contributed by atoms with E-state index in [0.29, 0.717) is 10.0 Å². The summed E-state index contributed by atoms with van der Waals surface area (Å²) in [6.45, 7) is 3.52. The van der Waals surface area contributed by atoms with Crippen LogP contribution in [0.5, 0.6) is 0 Å². The second-order valence-electron chi connectivity index (χ2n) is 5.77. The number of halogens is 1. The molecule has 0 spiro atoms. The maximum atomic E-state index is 12.9. The van der Waals surface area contributed by atoms with Crippen LogP contribution in [0.15, 0.2) is 24.3 Å². The zero-order valence-corrected chi connectivity index (χ0v) is 14.0. The first-order valence-corrected chi connectivity index (χ1v) is 8.74. The van der Waals surface area contributed by atoms with Crippen LogP contribution < -0.4 is 5.32 Å². The Morgan fingerprint density at radius 1 is 1.17 bits per heavy atom. The van der Waals surface area contributed by atoms with Gasteiger partial charge in [0.05, 0.1) is 5.69 Å². The zero-order valence-electron chi connectivity index (χ0n) is 13.1. The van der Waals surface area contributed by atoms with E-state index in [1.165, 1.54) is 36.3 Å². The Labute approximate surface area is 139 Å². The molecule has 0 unspecified atom stereocenters. The molecule has 1 aromatic carbocycles. The first kappa shape index (κ1) is 15.9. The minimum atomic E-state index is -0.275. The normalized spacial score (nSPS) is 15.3. The average molecular weight is 333 g/mol. The highest BCUT2D eigenvalue weighted by molar-refractivity contribution is 7.17. The van der Waals surface area contributed by atoms with Gasteiger partial charge in [0.1, 0.15) is 10.7 Å². The number of aromatic nitrogens is 1. The molecule has 1 fully saturated rings. The van der Waals surface area contributed by atoms with Crippen LogP contribution in [-0.4, -0.2) is 28.9 Å². The fourth-order valence-corrected chi connectivity index (χ4v) is 3.68. The summed E-state index contributed by atoms with van der Waals surface area (Å²) in [6, 6.07) is 6.10. The SMILES string of the molecule is Cc1nc(Nc2ccc(F)cc2)sc1C(=O)N1CCCCCC1. The van der Waals surface area contributed by atoms with Crippen molar-refractivity contribution in [1.29, 1.82) is 0 Å². The second-order valence-corrected chi connectivity index (χ2v) is 6.77. The molecule has 1 aliphatic heterocycles. The Hall–Kier alpha value is -1.95. The molecular formula is C17H20FN3OS. The van der Waals surface area contributed by atoms with Crippen molar-refractivity contribution in [3.8, 4) is 0 Å². The number of carbonyl (C=O) groups is 1. The first-order chi connectivity index (χ1) is 11.1. The lowest BCUT2D eigenvalue weighted by Crippen LogP contribution is -2.31. The van der Waals surface area contributed by atoms with Crippen molar-refractivity contribution in [3.63, 3.8) is 0 Å². The zero-order chi connectivity index (χ0) is 16.2. The van der Waals surface area contributed by atoms with Crippen LogP contribution in [0.4, 0.5) is 15.2 Å². The Morgan fingerprint density at radius 3 is 2.48 bits per heavy atom. The third-order valence-electron chi connectivity index (χ3n) is 3.98. The van der Waals surface area contributed by atoms with Gasteiger partial charge in [0.2, 0.25) is 0 Å². The highest BCUT2D eigenvalue weighted by Gasteiger charge is 2.22. The second kappa shape index (κ2) is 7.08. The van der Waals surface area contributed by atoms with Crippen molar-refractivity contribution >= 4 is 28.1 Å². The molecule has 1 aromatic heterocycles. The molecule has 0 saturated carbocycles. The van der Waals surface area contributed by atoms with Crippen LogP contribution in [0.25, 0.3) is 0 Å². The summed E-state index contributed by atoms with van der Waals surface area (Å²) in [5.74, 6) is -0.197. The van der Waals surface area contributed by atoms with Crippen molar-refractivity contribution in [1.82, 2.24) is 9.88 Å². The van der Waals surface area contributed by atoms with Crippen LogP contribution in [-0.2, 0) is 0 Å². The molecule has 2 aromatic rings. The van der Waals surface area contributed by atoms with Gasteiger partial charge in [-0.1, -0.05) is 24.2 Å². The molecular weight excluding hydrogens is 313 g/mol. The van der Waals surface area contributed by atoms with E-state index in [9.17, 15) is 9.18 Å². The molecule has 23 heavy (non-hydrogen) atoms. The fourth-order valence-electron chi connectivity index (χ4n) is 2.72. The summed E-state index contributed by atoms with van der Waals surface area (Å²) in [5, 5.41) is 3.79. The van der Waals surface area contributed by atoms with E-state index >= 15 is 0 Å². The maximum absolute atomic E-state index is 12.9. The Morgan fingerprint density at radius 2 is 1.83 bits per heavy atom. The lowest BCUT2D eigenvalue weighted by atomic mass is 10.2.